The molecule has 0 amide bonds. The third-order valence-electron chi connectivity index (χ3n) is 4.87. The first-order valence-corrected chi connectivity index (χ1v) is 9.19. The van der Waals surface area contributed by atoms with Crippen LogP contribution < -0.4 is 0 Å². The molecule has 0 aliphatic carbocycles. The van der Waals surface area contributed by atoms with Gasteiger partial charge in [0.1, 0.15) is 5.69 Å². The Labute approximate surface area is 165 Å². The van der Waals surface area contributed by atoms with Gasteiger partial charge >= 0.3 is 0 Å². The fourth-order valence-electron chi connectivity index (χ4n) is 3.29. The van der Waals surface area contributed by atoms with E-state index < -0.39 is 17.5 Å². The second kappa shape index (κ2) is 6.99. The van der Waals surface area contributed by atoms with Crippen LogP contribution in [0.3, 0.4) is 0 Å². The van der Waals surface area contributed by atoms with Gasteiger partial charge in [0.05, 0.1) is 11.7 Å². The average Bonchev–Trinajstić information content (AvgIpc) is 3.12. The molecule has 0 atom stereocenters. The lowest BCUT2D eigenvalue weighted by atomic mass is 10.0. The van der Waals surface area contributed by atoms with E-state index in [0.29, 0.717) is 10.5 Å². The lowest BCUT2D eigenvalue weighted by Gasteiger charge is -2.09. The van der Waals surface area contributed by atoms with E-state index in [9.17, 15) is 13.2 Å². The molecule has 0 aliphatic heterocycles. The summed E-state index contributed by atoms with van der Waals surface area (Å²) in [5.41, 5.74) is 3.42. The van der Waals surface area contributed by atoms with Crippen molar-refractivity contribution in [1.82, 2.24) is 9.78 Å². The van der Waals surface area contributed by atoms with Crippen molar-refractivity contribution in [2.24, 2.45) is 0 Å². The van der Waals surface area contributed by atoms with Crippen LogP contribution in [0, 0.1) is 24.4 Å². The van der Waals surface area contributed by atoms with Gasteiger partial charge in [-0.3, -0.25) is 0 Å². The van der Waals surface area contributed by atoms with Crippen molar-refractivity contribution in [3.8, 4) is 16.8 Å². The molecule has 0 saturated carbocycles. The molecule has 1 heterocycles. The van der Waals surface area contributed by atoms with Gasteiger partial charge in [-0.2, -0.15) is 5.10 Å². The second-order valence-electron chi connectivity index (χ2n) is 6.64. The van der Waals surface area contributed by atoms with Crippen molar-refractivity contribution in [1.29, 1.82) is 0 Å². The van der Waals surface area contributed by atoms with Crippen LogP contribution in [0.2, 0.25) is 5.02 Å². The predicted molar refractivity (Wildman–Crippen MR) is 106 cm³/mol. The highest BCUT2D eigenvalue weighted by Crippen LogP contribution is 2.30. The minimum Gasteiger partial charge on any atom is -0.230 e. The van der Waals surface area contributed by atoms with Gasteiger partial charge in [-0.15, -0.1) is 0 Å². The molecule has 142 valence electrons. The van der Waals surface area contributed by atoms with Crippen LogP contribution in [-0.2, 0) is 6.42 Å². The van der Waals surface area contributed by atoms with E-state index in [1.54, 1.807) is 12.3 Å². The Kier molecular flexibility index (Phi) is 4.63. The maximum absolute atomic E-state index is 14.3. The van der Waals surface area contributed by atoms with E-state index in [1.807, 2.05) is 37.3 Å². The Bertz CT molecular complexity index is 1210. The van der Waals surface area contributed by atoms with E-state index in [0.717, 1.165) is 28.5 Å². The summed E-state index contributed by atoms with van der Waals surface area (Å²) in [6.45, 7) is 3.43. The summed E-state index contributed by atoms with van der Waals surface area (Å²) in [6.07, 6.45) is 2.42. The van der Waals surface area contributed by atoms with Crippen molar-refractivity contribution in [2.45, 2.75) is 20.3 Å². The molecule has 0 saturated heterocycles. The summed E-state index contributed by atoms with van der Waals surface area (Å²) in [6, 6.07) is 12.7. The molecule has 0 unspecified atom stereocenters. The lowest BCUT2D eigenvalue weighted by Crippen LogP contribution is -2.05. The molecular weight excluding hydrogens is 385 g/mol. The number of benzene rings is 3. The van der Waals surface area contributed by atoms with Crippen LogP contribution in [0.4, 0.5) is 13.2 Å². The van der Waals surface area contributed by atoms with Crippen molar-refractivity contribution in [3.63, 3.8) is 0 Å². The highest BCUT2D eigenvalue weighted by Gasteiger charge is 2.19. The van der Waals surface area contributed by atoms with Crippen LogP contribution in [0.15, 0.2) is 48.7 Å². The van der Waals surface area contributed by atoms with E-state index in [1.165, 1.54) is 17.7 Å². The molecule has 4 rings (SSSR count). The third-order valence-corrected chi connectivity index (χ3v) is 5.23. The molecule has 1 aromatic heterocycles. The second-order valence-corrected chi connectivity index (χ2v) is 7.05. The quantitative estimate of drug-likeness (QED) is 0.353. The molecule has 0 aliphatic rings. The first kappa shape index (κ1) is 18.6. The van der Waals surface area contributed by atoms with Gasteiger partial charge in [-0.25, -0.2) is 17.9 Å². The predicted octanol–water partition coefficient (Wildman–Crippen LogP) is 6.63. The molecule has 6 heteroatoms. The molecular formula is C22H16ClF3N2. The maximum atomic E-state index is 14.3. The Morgan fingerprint density at radius 1 is 0.929 bits per heavy atom. The lowest BCUT2D eigenvalue weighted by molar-refractivity contribution is 0.440. The molecule has 2 nitrogen and oxygen atoms in total. The molecule has 0 radical (unpaired) electrons. The standard InChI is InChI=1S/C22H16ClF3N2/c1-3-13-4-5-15(10-17(13)23)14-6-7-18-16(9-14)11-27-28(18)19-8-12(2)20(24)22(26)21(19)25/h4-11H,3H2,1-2H3. The number of hydrogen-bond donors (Lipinski definition) is 0. The molecule has 0 N–H and O–H groups in total. The van der Waals surface area contributed by atoms with Crippen molar-refractivity contribution >= 4 is 22.5 Å². The Hall–Kier alpha value is -2.79. The van der Waals surface area contributed by atoms with Crippen molar-refractivity contribution in [3.05, 3.63) is 82.3 Å². The highest BCUT2D eigenvalue weighted by molar-refractivity contribution is 6.31. The number of fused-ring (bicyclic) bond motifs is 1. The molecule has 0 spiro atoms. The Morgan fingerprint density at radius 3 is 2.36 bits per heavy atom. The van der Waals surface area contributed by atoms with E-state index in [4.69, 9.17) is 11.6 Å². The minimum absolute atomic E-state index is 0.0137. The van der Waals surface area contributed by atoms with Gasteiger partial charge < -0.3 is 0 Å². The Morgan fingerprint density at radius 2 is 1.64 bits per heavy atom. The number of aryl methyl sites for hydroxylation is 2. The summed E-state index contributed by atoms with van der Waals surface area (Å²) in [5, 5.41) is 5.63. The van der Waals surface area contributed by atoms with E-state index in [-0.39, 0.29) is 11.3 Å². The summed E-state index contributed by atoms with van der Waals surface area (Å²) in [5.74, 6) is -3.95. The zero-order valence-electron chi connectivity index (χ0n) is 15.2. The molecule has 0 bridgehead atoms. The summed E-state index contributed by atoms with van der Waals surface area (Å²) in [7, 11) is 0. The van der Waals surface area contributed by atoms with Crippen molar-refractivity contribution in [2.75, 3.05) is 0 Å². The first-order chi connectivity index (χ1) is 13.4. The van der Waals surface area contributed by atoms with Crippen molar-refractivity contribution < 1.29 is 13.2 Å². The van der Waals surface area contributed by atoms with E-state index >= 15 is 0 Å². The van der Waals surface area contributed by atoms with Gasteiger partial charge in [0, 0.05) is 10.4 Å². The largest absolute Gasteiger partial charge is 0.230 e. The fraction of sp³-hybridized carbons (Fsp3) is 0.136. The van der Waals surface area contributed by atoms with E-state index in [2.05, 4.69) is 5.10 Å². The molecule has 28 heavy (non-hydrogen) atoms. The zero-order chi connectivity index (χ0) is 20.0. The van der Waals surface area contributed by atoms with Crippen LogP contribution in [0.25, 0.3) is 27.7 Å². The van der Waals surface area contributed by atoms with Gasteiger partial charge in [-0.1, -0.05) is 36.7 Å². The number of hydrogen-bond acceptors (Lipinski definition) is 1. The smallest absolute Gasteiger partial charge is 0.196 e. The van der Waals surface area contributed by atoms with Gasteiger partial charge in [0.2, 0.25) is 0 Å². The van der Waals surface area contributed by atoms with Gasteiger partial charge in [0.15, 0.2) is 17.5 Å². The molecule has 4 aromatic rings. The summed E-state index contributed by atoms with van der Waals surface area (Å²) in [4.78, 5) is 0. The summed E-state index contributed by atoms with van der Waals surface area (Å²) < 4.78 is 43.0. The molecule has 3 aromatic carbocycles. The number of aromatic nitrogens is 2. The summed E-state index contributed by atoms with van der Waals surface area (Å²) >= 11 is 6.32. The van der Waals surface area contributed by atoms with Crippen LogP contribution in [0.5, 0.6) is 0 Å². The topological polar surface area (TPSA) is 17.8 Å². The minimum atomic E-state index is -1.50. The SMILES string of the molecule is CCc1ccc(-c2ccc3c(cnn3-c3cc(C)c(F)c(F)c3F)c2)cc1Cl. The third kappa shape index (κ3) is 2.96. The average molecular weight is 401 g/mol. The highest BCUT2D eigenvalue weighted by atomic mass is 35.5. The number of halogens is 4. The number of nitrogens with zero attached hydrogens (tertiary/aromatic N) is 2. The van der Waals surface area contributed by atoms with Gasteiger partial charge in [0.25, 0.3) is 0 Å². The van der Waals surface area contributed by atoms with Crippen LogP contribution in [-0.4, -0.2) is 9.78 Å². The molecule has 0 fully saturated rings. The number of rotatable bonds is 3. The normalized spacial score (nSPS) is 11.4. The Balaban J connectivity index is 1.83. The zero-order valence-corrected chi connectivity index (χ0v) is 16.0. The fourth-order valence-corrected chi connectivity index (χ4v) is 3.60. The first-order valence-electron chi connectivity index (χ1n) is 8.81. The van der Waals surface area contributed by atoms with Crippen LogP contribution in [0.1, 0.15) is 18.1 Å². The maximum Gasteiger partial charge on any atom is 0.196 e. The van der Waals surface area contributed by atoms with Crippen LogP contribution >= 0.6 is 11.6 Å². The monoisotopic (exact) mass is 400 g/mol. The van der Waals surface area contributed by atoms with Gasteiger partial charge in [-0.05, 0) is 59.9 Å².